The molecule has 2 aliphatic heterocycles. The van der Waals surface area contributed by atoms with Gasteiger partial charge in [0.2, 0.25) is 0 Å². The molecule has 8 nitrogen and oxygen atoms in total. The van der Waals surface area contributed by atoms with E-state index in [-0.39, 0.29) is 22.6 Å². The maximum Gasteiger partial charge on any atom is 0.338 e. The van der Waals surface area contributed by atoms with Gasteiger partial charge in [-0.1, -0.05) is 65.4 Å². The minimum atomic E-state index is -0.794. The Bertz CT molecular complexity index is 1940. The minimum absolute atomic E-state index is 0.175. The number of amides is 1. The first-order valence-electron chi connectivity index (χ1n) is 13.3. The summed E-state index contributed by atoms with van der Waals surface area (Å²) in [5, 5.41) is 0.609. The first-order valence-corrected chi connectivity index (χ1v) is 14.5. The van der Waals surface area contributed by atoms with E-state index in [9.17, 15) is 14.4 Å². The van der Waals surface area contributed by atoms with Crippen LogP contribution in [0.15, 0.2) is 93.9 Å². The smallest absolute Gasteiger partial charge is 0.338 e. The Morgan fingerprint density at radius 1 is 1.02 bits per heavy atom. The number of allylic oxidation sites excluding steroid dienone is 1. The molecule has 0 bridgehead atoms. The van der Waals surface area contributed by atoms with Crippen LogP contribution < -0.4 is 24.5 Å². The maximum atomic E-state index is 14.3. The normalized spacial score (nSPS) is 17.1. The summed E-state index contributed by atoms with van der Waals surface area (Å²) in [7, 11) is 1.57. The molecule has 1 unspecified atom stereocenters. The second-order valence-electron chi connectivity index (χ2n) is 9.81. The molecular formula is C32H26ClN3O5S. The summed E-state index contributed by atoms with van der Waals surface area (Å²) in [6, 6.07) is 21.1. The number of ether oxygens (including phenoxy) is 2. The van der Waals surface area contributed by atoms with E-state index in [1.807, 2.05) is 48.5 Å². The Balaban J connectivity index is 1.56. The topological polar surface area (TPSA) is 90.2 Å². The van der Waals surface area contributed by atoms with Crippen LogP contribution >= 0.6 is 22.9 Å². The zero-order valence-electron chi connectivity index (χ0n) is 23.1. The van der Waals surface area contributed by atoms with Crippen LogP contribution in [0.25, 0.3) is 5.57 Å². The SMILES string of the molecule is CCOC(=O)C1=C(C)N=c2sc(=C3C(=O)N(Cc4ccc(Cl)cc4)c4ccccc43)c(=O)n2C1c1ccc(OC)cc1. The summed E-state index contributed by atoms with van der Waals surface area (Å²) in [5.74, 6) is -0.187. The zero-order valence-corrected chi connectivity index (χ0v) is 24.7. The molecule has 2 aliphatic rings. The summed E-state index contributed by atoms with van der Waals surface area (Å²) in [4.78, 5) is 48.3. The van der Waals surface area contributed by atoms with Crippen LogP contribution in [0.4, 0.5) is 5.69 Å². The van der Waals surface area contributed by atoms with E-state index in [2.05, 4.69) is 4.99 Å². The number of benzene rings is 3. The molecule has 6 rings (SSSR count). The molecule has 1 amide bonds. The summed E-state index contributed by atoms with van der Waals surface area (Å²) in [6.07, 6.45) is 0. The van der Waals surface area contributed by atoms with Gasteiger partial charge in [-0.25, -0.2) is 9.79 Å². The number of anilines is 1. The number of carbonyl (C=O) groups excluding carboxylic acids is 2. The van der Waals surface area contributed by atoms with E-state index < -0.39 is 17.6 Å². The first-order chi connectivity index (χ1) is 20.3. The molecule has 212 valence electrons. The number of halogens is 1. The Labute approximate surface area is 250 Å². The third-order valence-corrected chi connectivity index (χ3v) is 8.63. The number of thiazole rings is 1. The number of esters is 1. The summed E-state index contributed by atoms with van der Waals surface area (Å²) in [6.45, 7) is 3.95. The van der Waals surface area contributed by atoms with Crippen molar-refractivity contribution < 1.29 is 19.1 Å². The standard InChI is InChI=1S/C32H26ClN3O5S/c1-4-41-31(39)25-18(2)34-32-36(27(25)20-11-15-22(40-3)16-12-20)30(38)28(42-32)26-23-7-5-6-8-24(23)35(29(26)37)17-19-9-13-21(33)14-10-19/h5-16,27H,4,17H2,1-3H3. The van der Waals surface area contributed by atoms with Gasteiger partial charge in [0.1, 0.15) is 10.3 Å². The van der Waals surface area contributed by atoms with E-state index >= 15 is 0 Å². The first kappa shape index (κ1) is 27.7. The number of rotatable bonds is 6. The fourth-order valence-corrected chi connectivity index (χ4v) is 6.64. The zero-order chi connectivity index (χ0) is 29.5. The molecule has 10 heteroatoms. The maximum absolute atomic E-state index is 14.3. The van der Waals surface area contributed by atoms with E-state index in [1.54, 1.807) is 50.1 Å². The fourth-order valence-electron chi connectivity index (χ4n) is 5.37. The van der Waals surface area contributed by atoms with Crippen molar-refractivity contribution in [3.8, 4) is 5.75 Å². The second-order valence-corrected chi connectivity index (χ2v) is 11.2. The molecule has 0 spiro atoms. The highest BCUT2D eigenvalue weighted by Crippen LogP contribution is 2.37. The molecule has 0 N–H and O–H groups in total. The predicted octanol–water partition coefficient (Wildman–Crippen LogP) is 4.38. The quantitative estimate of drug-likeness (QED) is 0.307. The number of para-hydroxylation sites is 1. The van der Waals surface area contributed by atoms with Gasteiger partial charge in [-0.3, -0.25) is 14.2 Å². The Morgan fingerprint density at radius 2 is 1.74 bits per heavy atom. The van der Waals surface area contributed by atoms with Crippen LogP contribution in [0.3, 0.4) is 0 Å². The molecular weight excluding hydrogens is 574 g/mol. The molecule has 1 aromatic heterocycles. The third-order valence-electron chi connectivity index (χ3n) is 7.33. The average Bonchev–Trinajstić information content (AvgIpc) is 3.45. The Kier molecular flexibility index (Phi) is 7.30. The summed E-state index contributed by atoms with van der Waals surface area (Å²) < 4.78 is 12.5. The van der Waals surface area contributed by atoms with Gasteiger partial charge in [-0.2, -0.15) is 0 Å². The number of fused-ring (bicyclic) bond motifs is 2. The van der Waals surface area contributed by atoms with E-state index in [0.29, 0.717) is 50.2 Å². The van der Waals surface area contributed by atoms with Gasteiger partial charge in [-0.05, 0) is 55.3 Å². The van der Waals surface area contributed by atoms with Crippen molar-refractivity contribution in [1.82, 2.24) is 4.57 Å². The van der Waals surface area contributed by atoms with Crippen molar-refractivity contribution in [3.05, 3.63) is 125 Å². The number of hydrogen-bond donors (Lipinski definition) is 0. The molecule has 3 aromatic carbocycles. The van der Waals surface area contributed by atoms with Crippen molar-refractivity contribution >= 4 is 46.1 Å². The summed E-state index contributed by atoms with van der Waals surface area (Å²) in [5.41, 5.74) is 3.61. The second kappa shape index (κ2) is 11.1. The lowest BCUT2D eigenvalue weighted by Gasteiger charge is -2.24. The van der Waals surface area contributed by atoms with Crippen molar-refractivity contribution in [2.45, 2.75) is 26.4 Å². The number of nitrogens with zero attached hydrogens (tertiary/aromatic N) is 3. The van der Waals surface area contributed by atoms with Crippen molar-refractivity contribution in [3.63, 3.8) is 0 Å². The van der Waals surface area contributed by atoms with Crippen LogP contribution in [0.5, 0.6) is 5.75 Å². The van der Waals surface area contributed by atoms with Gasteiger partial charge in [0.05, 0.1) is 48.8 Å². The van der Waals surface area contributed by atoms with E-state index in [0.717, 1.165) is 16.9 Å². The molecule has 1 atom stereocenters. The summed E-state index contributed by atoms with van der Waals surface area (Å²) >= 11 is 7.21. The van der Waals surface area contributed by atoms with Gasteiger partial charge in [0.15, 0.2) is 4.80 Å². The van der Waals surface area contributed by atoms with Crippen LogP contribution in [-0.4, -0.2) is 30.2 Å². The highest BCUT2D eigenvalue weighted by Gasteiger charge is 2.37. The highest BCUT2D eigenvalue weighted by atomic mass is 35.5. The number of hydrogen-bond acceptors (Lipinski definition) is 7. The molecule has 0 aliphatic carbocycles. The molecule has 0 fully saturated rings. The lowest BCUT2D eigenvalue weighted by Crippen LogP contribution is -2.41. The number of aromatic nitrogens is 1. The van der Waals surface area contributed by atoms with Crippen LogP contribution in [0.1, 0.15) is 36.6 Å². The molecule has 0 radical (unpaired) electrons. The van der Waals surface area contributed by atoms with Crippen molar-refractivity contribution in [2.75, 3.05) is 18.6 Å². The molecule has 3 heterocycles. The molecule has 42 heavy (non-hydrogen) atoms. The van der Waals surface area contributed by atoms with Crippen molar-refractivity contribution in [1.29, 1.82) is 0 Å². The van der Waals surface area contributed by atoms with Crippen LogP contribution in [0, 0.1) is 0 Å². The average molecular weight is 600 g/mol. The van der Waals surface area contributed by atoms with Crippen molar-refractivity contribution in [2.24, 2.45) is 4.99 Å². The lowest BCUT2D eigenvalue weighted by atomic mass is 9.96. The van der Waals surface area contributed by atoms with Gasteiger partial charge in [-0.15, -0.1) is 0 Å². The largest absolute Gasteiger partial charge is 0.497 e. The third kappa shape index (κ3) is 4.64. The minimum Gasteiger partial charge on any atom is -0.497 e. The molecule has 0 saturated carbocycles. The van der Waals surface area contributed by atoms with Gasteiger partial charge >= 0.3 is 5.97 Å². The number of carbonyl (C=O) groups is 2. The molecule has 4 aromatic rings. The van der Waals surface area contributed by atoms with Crippen LogP contribution in [-0.2, 0) is 20.9 Å². The Hall–Kier alpha value is -4.47. The van der Waals surface area contributed by atoms with Gasteiger partial charge in [0, 0.05) is 10.6 Å². The number of methoxy groups -OCH3 is 1. The Morgan fingerprint density at radius 3 is 2.43 bits per heavy atom. The monoisotopic (exact) mass is 599 g/mol. The van der Waals surface area contributed by atoms with Gasteiger partial charge < -0.3 is 14.4 Å². The fraction of sp³-hybridized carbons (Fsp3) is 0.188. The van der Waals surface area contributed by atoms with E-state index in [4.69, 9.17) is 21.1 Å². The van der Waals surface area contributed by atoms with Gasteiger partial charge in [0.25, 0.3) is 11.5 Å². The van der Waals surface area contributed by atoms with E-state index in [1.165, 1.54) is 4.57 Å². The van der Waals surface area contributed by atoms with Crippen LogP contribution in [0.2, 0.25) is 5.02 Å². The lowest BCUT2D eigenvalue weighted by molar-refractivity contribution is -0.139. The molecule has 0 saturated heterocycles. The highest BCUT2D eigenvalue weighted by molar-refractivity contribution is 7.07. The predicted molar refractivity (Wildman–Crippen MR) is 161 cm³/mol.